The molecule has 0 radical (unpaired) electrons. The summed E-state index contributed by atoms with van der Waals surface area (Å²) in [6, 6.07) is 18.2. The average molecular weight is 315 g/mol. The second-order valence-corrected chi connectivity index (χ2v) is 7.79. The summed E-state index contributed by atoms with van der Waals surface area (Å²) >= 11 is 6.32. The molecule has 0 atom stereocenters. The molecule has 3 aromatic rings. The number of halogens is 1. The number of pyridine rings is 1. The van der Waals surface area contributed by atoms with E-state index < -0.39 is 0 Å². The molecule has 0 aliphatic rings. The molecular formula is C17H16ClN2P. The quantitative estimate of drug-likeness (QED) is 0.688. The van der Waals surface area contributed by atoms with Crippen LogP contribution in [-0.4, -0.2) is 18.3 Å². The van der Waals surface area contributed by atoms with E-state index in [0.717, 1.165) is 22.4 Å². The van der Waals surface area contributed by atoms with Gasteiger partial charge >= 0.3 is 0 Å². The van der Waals surface area contributed by atoms with Gasteiger partial charge in [0, 0.05) is 17.1 Å². The second kappa shape index (κ2) is 6.01. The van der Waals surface area contributed by atoms with Crippen LogP contribution in [0.2, 0.25) is 5.02 Å². The topological polar surface area (TPSA) is 24.9 Å². The smallest absolute Gasteiger partial charge is 0.132 e. The zero-order valence-electron chi connectivity index (χ0n) is 12.0. The molecule has 2 aromatic carbocycles. The molecule has 1 heterocycles. The third kappa shape index (κ3) is 3.18. The Kier molecular flexibility index (Phi) is 4.10. The maximum absolute atomic E-state index is 6.32. The SMILES string of the molecule is CP(C)c1ccc(Nc2cc(Cl)c3ccccc3n2)cc1. The van der Waals surface area contributed by atoms with E-state index in [9.17, 15) is 0 Å². The van der Waals surface area contributed by atoms with E-state index in [2.05, 4.69) is 47.9 Å². The maximum atomic E-state index is 6.32. The number of benzene rings is 2. The Morgan fingerprint density at radius 2 is 1.71 bits per heavy atom. The van der Waals surface area contributed by atoms with Gasteiger partial charge in [-0.3, -0.25) is 0 Å². The van der Waals surface area contributed by atoms with Crippen molar-refractivity contribution in [1.82, 2.24) is 4.98 Å². The predicted molar refractivity (Wildman–Crippen MR) is 94.9 cm³/mol. The van der Waals surface area contributed by atoms with Crippen molar-refractivity contribution < 1.29 is 0 Å². The van der Waals surface area contributed by atoms with Crippen LogP contribution < -0.4 is 10.6 Å². The summed E-state index contributed by atoms with van der Waals surface area (Å²) in [6.07, 6.45) is 0. The summed E-state index contributed by atoms with van der Waals surface area (Å²) in [5, 5.41) is 6.39. The Bertz CT molecular complexity index is 769. The van der Waals surface area contributed by atoms with Gasteiger partial charge in [0.2, 0.25) is 0 Å². The highest BCUT2D eigenvalue weighted by molar-refractivity contribution is 7.64. The molecule has 0 saturated heterocycles. The van der Waals surface area contributed by atoms with Crippen LogP contribution in [0.25, 0.3) is 10.9 Å². The minimum absolute atomic E-state index is 0.0604. The molecule has 4 heteroatoms. The average Bonchev–Trinajstić information content (AvgIpc) is 2.48. The first-order valence-corrected chi connectivity index (χ1v) is 9.34. The van der Waals surface area contributed by atoms with Crippen LogP contribution in [0.4, 0.5) is 11.5 Å². The third-order valence-corrected chi connectivity index (χ3v) is 4.97. The van der Waals surface area contributed by atoms with Gasteiger partial charge in [0.25, 0.3) is 0 Å². The van der Waals surface area contributed by atoms with Gasteiger partial charge in [-0.15, -0.1) is 0 Å². The van der Waals surface area contributed by atoms with Crippen LogP contribution >= 0.6 is 19.5 Å². The zero-order valence-corrected chi connectivity index (χ0v) is 13.6. The number of aromatic nitrogens is 1. The van der Waals surface area contributed by atoms with Crippen molar-refractivity contribution in [3.05, 3.63) is 59.6 Å². The standard InChI is InChI=1S/C17H16ClN2P/c1-21(2)13-9-7-12(8-10-13)19-17-11-15(18)14-5-3-4-6-16(14)20-17/h3-11H,1-2H3,(H,19,20). The Labute approximate surface area is 130 Å². The van der Waals surface area contributed by atoms with E-state index in [1.54, 1.807) is 0 Å². The van der Waals surface area contributed by atoms with Crippen LogP contribution in [0.5, 0.6) is 0 Å². The third-order valence-electron chi connectivity index (χ3n) is 3.32. The lowest BCUT2D eigenvalue weighted by Crippen LogP contribution is -2.00. The fourth-order valence-electron chi connectivity index (χ4n) is 2.19. The molecule has 1 N–H and O–H groups in total. The summed E-state index contributed by atoms with van der Waals surface area (Å²) in [6.45, 7) is 4.50. The molecule has 0 aliphatic heterocycles. The van der Waals surface area contributed by atoms with Crippen molar-refractivity contribution in [2.24, 2.45) is 0 Å². The molecule has 0 spiro atoms. The summed E-state index contributed by atoms with van der Waals surface area (Å²) < 4.78 is 0. The molecule has 106 valence electrons. The van der Waals surface area contributed by atoms with Crippen LogP contribution in [0.15, 0.2) is 54.6 Å². The van der Waals surface area contributed by atoms with E-state index in [-0.39, 0.29) is 7.92 Å². The van der Waals surface area contributed by atoms with Gasteiger partial charge in [-0.2, -0.15) is 0 Å². The molecule has 3 rings (SSSR count). The molecule has 0 aliphatic carbocycles. The molecule has 0 fully saturated rings. The summed E-state index contributed by atoms with van der Waals surface area (Å²) in [5.74, 6) is 0.765. The first-order chi connectivity index (χ1) is 10.1. The van der Waals surface area contributed by atoms with Gasteiger partial charge in [-0.25, -0.2) is 4.98 Å². The van der Waals surface area contributed by atoms with E-state index >= 15 is 0 Å². The number of nitrogens with one attached hydrogen (secondary N) is 1. The fourth-order valence-corrected chi connectivity index (χ4v) is 3.20. The highest BCUT2D eigenvalue weighted by atomic mass is 35.5. The Balaban J connectivity index is 1.91. The van der Waals surface area contributed by atoms with Crippen LogP contribution in [-0.2, 0) is 0 Å². The highest BCUT2D eigenvalue weighted by Gasteiger charge is 2.04. The second-order valence-electron chi connectivity index (χ2n) is 5.07. The van der Waals surface area contributed by atoms with Crippen LogP contribution in [0, 0.1) is 0 Å². The lowest BCUT2D eigenvalue weighted by Gasteiger charge is -2.10. The monoisotopic (exact) mass is 314 g/mol. The van der Waals surface area contributed by atoms with Crippen molar-refractivity contribution in [3.8, 4) is 0 Å². The van der Waals surface area contributed by atoms with Crippen molar-refractivity contribution >= 4 is 47.2 Å². The Morgan fingerprint density at radius 1 is 1.00 bits per heavy atom. The number of anilines is 2. The molecule has 21 heavy (non-hydrogen) atoms. The molecule has 2 nitrogen and oxygen atoms in total. The number of hydrogen-bond donors (Lipinski definition) is 1. The predicted octanol–water partition coefficient (Wildman–Crippen LogP) is 5.00. The first-order valence-electron chi connectivity index (χ1n) is 6.73. The molecule has 0 saturated carbocycles. The van der Waals surface area contributed by atoms with Crippen molar-refractivity contribution in [2.45, 2.75) is 0 Å². The van der Waals surface area contributed by atoms with Crippen LogP contribution in [0.3, 0.4) is 0 Å². The van der Waals surface area contributed by atoms with Crippen LogP contribution in [0.1, 0.15) is 0 Å². The van der Waals surface area contributed by atoms with Gasteiger partial charge in [0.15, 0.2) is 0 Å². The fraction of sp³-hybridized carbons (Fsp3) is 0.118. The normalized spacial score (nSPS) is 11.0. The lowest BCUT2D eigenvalue weighted by atomic mass is 10.2. The molecule has 0 unspecified atom stereocenters. The van der Waals surface area contributed by atoms with Gasteiger partial charge in [0.05, 0.1) is 10.5 Å². The lowest BCUT2D eigenvalue weighted by molar-refractivity contribution is 1.37. The number of para-hydroxylation sites is 1. The molecule has 0 amide bonds. The Hall–Kier alpha value is -1.63. The highest BCUT2D eigenvalue weighted by Crippen LogP contribution is 2.27. The molecular weight excluding hydrogens is 299 g/mol. The summed E-state index contributed by atoms with van der Waals surface area (Å²) in [4.78, 5) is 4.60. The largest absolute Gasteiger partial charge is 0.340 e. The number of rotatable bonds is 3. The van der Waals surface area contributed by atoms with E-state index in [0.29, 0.717) is 5.02 Å². The van der Waals surface area contributed by atoms with E-state index in [1.807, 2.05) is 30.3 Å². The zero-order chi connectivity index (χ0) is 14.8. The van der Waals surface area contributed by atoms with Crippen molar-refractivity contribution in [1.29, 1.82) is 0 Å². The van der Waals surface area contributed by atoms with Gasteiger partial charge in [0.1, 0.15) is 5.82 Å². The Morgan fingerprint density at radius 3 is 2.43 bits per heavy atom. The summed E-state index contributed by atoms with van der Waals surface area (Å²) in [7, 11) is -0.0604. The van der Waals surface area contributed by atoms with Gasteiger partial charge in [-0.1, -0.05) is 49.9 Å². The minimum Gasteiger partial charge on any atom is -0.340 e. The van der Waals surface area contributed by atoms with E-state index in [4.69, 9.17) is 11.6 Å². The van der Waals surface area contributed by atoms with Gasteiger partial charge in [-0.05, 0) is 36.8 Å². The number of hydrogen-bond acceptors (Lipinski definition) is 2. The molecule has 0 bridgehead atoms. The van der Waals surface area contributed by atoms with Crippen molar-refractivity contribution in [2.75, 3.05) is 18.6 Å². The number of nitrogens with zero attached hydrogens (tertiary/aromatic N) is 1. The van der Waals surface area contributed by atoms with Gasteiger partial charge < -0.3 is 5.32 Å². The maximum Gasteiger partial charge on any atom is 0.132 e. The first kappa shape index (κ1) is 14.3. The van der Waals surface area contributed by atoms with E-state index in [1.165, 1.54) is 5.30 Å². The molecule has 1 aromatic heterocycles. The summed E-state index contributed by atoms with van der Waals surface area (Å²) in [5.41, 5.74) is 1.92. The van der Waals surface area contributed by atoms with Crippen molar-refractivity contribution in [3.63, 3.8) is 0 Å². The minimum atomic E-state index is -0.0604. The number of fused-ring (bicyclic) bond motifs is 1.